The first-order valence-electron chi connectivity index (χ1n) is 11.8. The standard InChI is InChI=1S/C30H32N2O2/c1-2-21-32(22-25-13-17-29(18-14-25)33-23-26-9-5-3-6-10-26)31-28-15-19-30(20-16-28)34-24-27-11-7-4-8-12-27/h3-20,31H,2,21-24H2,1H3. The summed E-state index contributed by atoms with van der Waals surface area (Å²) in [6.07, 6.45) is 1.06. The van der Waals surface area contributed by atoms with Crippen molar-refractivity contribution in [1.29, 1.82) is 0 Å². The molecule has 4 heteroatoms. The van der Waals surface area contributed by atoms with Crippen molar-refractivity contribution < 1.29 is 9.47 Å². The predicted octanol–water partition coefficient (Wildman–Crippen LogP) is 7.08. The Morgan fingerprint density at radius 1 is 0.588 bits per heavy atom. The highest BCUT2D eigenvalue weighted by Crippen LogP contribution is 2.20. The van der Waals surface area contributed by atoms with Gasteiger partial charge < -0.3 is 14.9 Å². The van der Waals surface area contributed by atoms with Gasteiger partial charge in [0.25, 0.3) is 0 Å². The maximum Gasteiger partial charge on any atom is 0.119 e. The van der Waals surface area contributed by atoms with Crippen molar-refractivity contribution in [3.8, 4) is 11.5 Å². The zero-order valence-corrected chi connectivity index (χ0v) is 19.7. The van der Waals surface area contributed by atoms with Gasteiger partial charge in [-0.25, -0.2) is 5.01 Å². The highest BCUT2D eigenvalue weighted by molar-refractivity contribution is 5.45. The molecule has 0 amide bonds. The fourth-order valence-corrected chi connectivity index (χ4v) is 3.65. The van der Waals surface area contributed by atoms with Crippen LogP contribution in [0.4, 0.5) is 5.69 Å². The molecule has 0 fully saturated rings. The molecule has 0 aliphatic carbocycles. The van der Waals surface area contributed by atoms with Crippen molar-refractivity contribution in [2.75, 3.05) is 12.0 Å². The summed E-state index contributed by atoms with van der Waals surface area (Å²) in [4.78, 5) is 0. The summed E-state index contributed by atoms with van der Waals surface area (Å²) in [6, 6.07) is 36.9. The normalized spacial score (nSPS) is 10.8. The number of nitrogens with zero attached hydrogens (tertiary/aromatic N) is 1. The largest absolute Gasteiger partial charge is 0.489 e. The molecule has 0 saturated heterocycles. The molecule has 0 saturated carbocycles. The van der Waals surface area contributed by atoms with Crippen LogP contribution < -0.4 is 14.9 Å². The number of nitrogens with one attached hydrogen (secondary N) is 1. The lowest BCUT2D eigenvalue weighted by Crippen LogP contribution is -2.30. The lowest BCUT2D eigenvalue weighted by Gasteiger charge is -2.24. The minimum atomic E-state index is 0.570. The summed E-state index contributed by atoms with van der Waals surface area (Å²) in [7, 11) is 0. The van der Waals surface area contributed by atoms with E-state index in [1.54, 1.807) is 0 Å². The first-order chi connectivity index (χ1) is 16.8. The zero-order valence-electron chi connectivity index (χ0n) is 19.7. The third-order valence-corrected chi connectivity index (χ3v) is 5.43. The molecule has 0 unspecified atom stereocenters. The highest BCUT2D eigenvalue weighted by Gasteiger charge is 2.07. The van der Waals surface area contributed by atoms with E-state index < -0.39 is 0 Å². The van der Waals surface area contributed by atoms with Gasteiger partial charge in [0.2, 0.25) is 0 Å². The van der Waals surface area contributed by atoms with Crippen LogP contribution in [0.3, 0.4) is 0 Å². The topological polar surface area (TPSA) is 33.7 Å². The molecular formula is C30H32N2O2. The molecule has 1 N–H and O–H groups in total. The average molecular weight is 453 g/mol. The van der Waals surface area contributed by atoms with Crippen molar-refractivity contribution >= 4 is 5.69 Å². The van der Waals surface area contributed by atoms with E-state index >= 15 is 0 Å². The Balaban J connectivity index is 1.28. The highest BCUT2D eigenvalue weighted by atomic mass is 16.5. The van der Waals surface area contributed by atoms with Crippen molar-refractivity contribution in [2.24, 2.45) is 0 Å². The summed E-state index contributed by atoms with van der Waals surface area (Å²) in [5.41, 5.74) is 8.14. The molecule has 0 spiro atoms. The molecule has 0 aliphatic heterocycles. The second kappa shape index (κ2) is 12.5. The quantitative estimate of drug-likeness (QED) is 0.233. The van der Waals surface area contributed by atoms with E-state index in [9.17, 15) is 0 Å². The number of ether oxygens (including phenoxy) is 2. The van der Waals surface area contributed by atoms with Crippen LogP contribution in [0.2, 0.25) is 0 Å². The van der Waals surface area contributed by atoms with E-state index in [2.05, 4.69) is 65.9 Å². The third-order valence-electron chi connectivity index (χ3n) is 5.43. The van der Waals surface area contributed by atoms with E-state index in [-0.39, 0.29) is 0 Å². The van der Waals surface area contributed by atoms with Gasteiger partial charge in [-0.2, -0.15) is 0 Å². The number of hydrogen-bond acceptors (Lipinski definition) is 4. The summed E-state index contributed by atoms with van der Waals surface area (Å²) in [6.45, 7) is 5.09. The van der Waals surface area contributed by atoms with Crippen molar-refractivity contribution in [3.05, 3.63) is 126 Å². The van der Waals surface area contributed by atoms with Gasteiger partial charge in [-0.3, -0.25) is 0 Å². The van der Waals surface area contributed by atoms with Crippen LogP contribution in [-0.4, -0.2) is 11.6 Å². The SMILES string of the molecule is CCCN(Cc1ccc(OCc2ccccc2)cc1)Nc1ccc(OCc2ccccc2)cc1. The van der Waals surface area contributed by atoms with Crippen molar-refractivity contribution in [2.45, 2.75) is 33.1 Å². The van der Waals surface area contributed by atoms with Gasteiger partial charge >= 0.3 is 0 Å². The van der Waals surface area contributed by atoms with E-state index in [0.717, 1.165) is 42.3 Å². The van der Waals surface area contributed by atoms with Crippen molar-refractivity contribution in [1.82, 2.24) is 5.01 Å². The molecule has 174 valence electrons. The first kappa shape index (κ1) is 23.4. The van der Waals surface area contributed by atoms with Gasteiger partial charge in [0, 0.05) is 18.8 Å². The molecule has 0 heterocycles. The third kappa shape index (κ3) is 7.39. The van der Waals surface area contributed by atoms with Crippen LogP contribution in [0.15, 0.2) is 109 Å². The number of anilines is 1. The van der Waals surface area contributed by atoms with Crippen LogP contribution in [-0.2, 0) is 19.8 Å². The van der Waals surface area contributed by atoms with Gasteiger partial charge in [-0.15, -0.1) is 0 Å². The molecule has 0 aromatic heterocycles. The Labute approximate surface area is 202 Å². The fourth-order valence-electron chi connectivity index (χ4n) is 3.65. The monoisotopic (exact) mass is 452 g/mol. The minimum Gasteiger partial charge on any atom is -0.489 e. The molecule has 0 radical (unpaired) electrons. The molecule has 34 heavy (non-hydrogen) atoms. The lowest BCUT2D eigenvalue weighted by molar-refractivity contribution is 0.304. The number of benzene rings is 4. The van der Waals surface area contributed by atoms with Gasteiger partial charge in [-0.05, 0) is 59.5 Å². The van der Waals surface area contributed by atoms with Gasteiger partial charge in [0.05, 0.1) is 0 Å². The summed E-state index contributed by atoms with van der Waals surface area (Å²) < 4.78 is 11.8. The molecule has 0 atom stereocenters. The predicted molar refractivity (Wildman–Crippen MR) is 139 cm³/mol. The van der Waals surface area contributed by atoms with Crippen molar-refractivity contribution in [3.63, 3.8) is 0 Å². The fraction of sp³-hybridized carbons (Fsp3) is 0.200. The summed E-state index contributed by atoms with van der Waals surface area (Å²) >= 11 is 0. The summed E-state index contributed by atoms with van der Waals surface area (Å²) in [5.74, 6) is 1.75. The molecule has 4 aromatic rings. The number of hydrogen-bond donors (Lipinski definition) is 1. The molecule has 4 nitrogen and oxygen atoms in total. The number of rotatable bonds is 12. The second-order valence-corrected chi connectivity index (χ2v) is 8.25. The second-order valence-electron chi connectivity index (χ2n) is 8.25. The Hall–Kier alpha value is -3.76. The van der Waals surface area contributed by atoms with E-state index in [1.807, 2.05) is 60.7 Å². The van der Waals surface area contributed by atoms with E-state index in [0.29, 0.717) is 13.2 Å². The van der Waals surface area contributed by atoms with Gasteiger partial charge in [0.15, 0.2) is 0 Å². The zero-order chi connectivity index (χ0) is 23.4. The smallest absolute Gasteiger partial charge is 0.119 e. The van der Waals surface area contributed by atoms with Gasteiger partial charge in [0.1, 0.15) is 24.7 Å². The number of hydrazine groups is 1. The first-order valence-corrected chi connectivity index (χ1v) is 11.8. The van der Waals surface area contributed by atoms with Crippen LogP contribution in [0.5, 0.6) is 11.5 Å². The van der Waals surface area contributed by atoms with Crippen LogP contribution in [0.25, 0.3) is 0 Å². The maximum absolute atomic E-state index is 5.91. The molecule has 4 aromatic carbocycles. The van der Waals surface area contributed by atoms with Gasteiger partial charge in [-0.1, -0.05) is 79.7 Å². The molecule has 0 bridgehead atoms. The Morgan fingerprint density at radius 2 is 1.09 bits per heavy atom. The van der Waals surface area contributed by atoms with Crippen LogP contribution >= 0.6 is 0 Å². The van der Waals surface area contributed by atoms with Crippen LogP contribution in [0.1, 0.15) is 30.0 Å². The Bertz CT molecular complexity index is 1010. The Kier molecular flexibility index (Phi) is 8.58. The summed E-state index contributed by atoms with van der Waals surface area (Å²) in [5, 5.41) is 2.24. The maximum atomic E-state index is 5.91. The minimum absolute atomic E-state index is 0.570. The molecule has 0 aliphatic rings. The Morgan fingerprint density at radius 3 is 1.59 bits per heavy atom. The van der Waals surface area contributed by atoms with E-state index in [1.165, 1.54) is 11.1 Å². The molecular weight excluding hydrogens is 420 g/mol. The van der Waals surface area contributed by atoms with Crippen LogP contribution in [0, 0.1) is 0 Å². The average Bonchev–Trinajstić information content (AvgIpc) is 2.89. The van der Waals surface area contributed by atoms with E-state index in [4.69, 9.17) is 9.47 Å². The lowest BCUT2D eigenvalue weighted by atomic mass is 10.2. The molecule has 4 rings (SSSR count).